The standard InChI is InChI=1S/C34H26N4O4/c1-20-15-17-22(18-16-20)38-32(41)28-27-23-11-5-7-13-25(23)34(29(28)33(38)42,26-14-8-6-12-24(26)27)19-35-37-31(40)30(39)36-21-9-3-2-4-10-21/h2-19,27-29H,1H3,(H,36,39)(H,37,40)/b35-19-/t27?,28-,29+,34?/m0/s1. The summed E-state index contributed by atoms with van der Waals surface area (Å²) in [7, 11) is 0. The highest BCUT2D eigenvalue weighted by molar-refractivity contribution is 6.39. The van der Waals surface area contributed by atoms with Gasteiger partial charge in [0.1, 0.15) is 0 Å². The van der Waals surface area contributed by atoms with Crippen LogP contribution in [0.3, 0.4) is 0 Å². The Morgan fingerprint density at radius 1 is 0.762 bits per heavy atom. The van der Waals surface area contributed by atoms with Gasteiger partial charge in [-0.25, -0.2) is 10.3 Å². The van der Waals surface area contributed by atoms with E-state index in [2.05, 4.69) is 15.8 Å². The Bertz CT molecular complexity index is 1750. The molecule has 8 heteroatoms. The molecule has 0 unspecified atom stereocenters. The lowest BCUT2D eigenvalue weighted by atomic mass is 9.47. The topological polar surface area (TPSA) is 108 Å². The van der Waals surface area contributed by atoms with E-state index in [9.17, 15) is 19.2 Å². The maximum atomic E-state index is 14.4. The molecule has 42 heavy (non-hydrogen) atoms. The lowest BCUT2D eigenvalue weighted by molar-refractivity contribution is -0.136. The van der Waals surface area contributed by atoms with Crippen LogP contribution in [0.25, 0.3) is 0 Å². The predicted molar refractivity (Wildman–Crippen MR) is 158 cm³/mol. The Hall–Kier alpha value is -5.37. The molecule has 4 amide bonds. The molecule has 3 aliphatic carbocycles. The molecule has 1 saturated heterocycles. The lowest BCUT2D eigenvalue weighted by Crippen LogP contribution is -2.54. The van der Waals surface area contributed by atoms with Gasteiger partial charge in [0.2, 0.25) is 11.8 Å². The zero-order valence-corrected chi connectivity index (χ0v) is 22.7. The van der Waals surface area contributed by atoms with Gasteiger partial charge in [-0.15, -0.1) is 0 Å². The summed E-state index contributed by atoms with van der Waals surface area (Å²) >= 11 is 0. The number of carbonyl (C=O) groups excluding carboxylic acids is 4. The zero-order valence-electron chi connectivity index (χ0n) is 22.7. The number of hydrogen-bond acceptors (Lipinski definition) is 5. The van der Waals surface area contributed by atoms with Crippen molar-refractivity contribution in [3.05, 3.63) is 131 Å². The molecule has 0 radical (unpaired) electrons. The van der Waals surface area contributed by atoms with Crippen molar-refractivity contribution in [3.8, 4) is 0 Å². The van der Waals surface area contributed by atoms with E-state index in [1.54, 1.807) is 42.5 Å². The van der Waals surface area contributed by atoms with E-state index < -0.39 is 29.1 Å². The lowest BCUT2D eigenvalue weighted by Gasteiger charge is -2.52. The van der Waals surface area contributed by atoms with Gasteiger partial charge in [-0.05, 0) is 53.4 Å². The molecule has 0 spiro atoms. The van der Waals surface area contributed by atoms with Crippen molar-refractivity contribution in [2.24, 2.45) is 16.9 Å². The summed E-state index contributed by atoms with van der Waals surface area (Å²) in [6, 6.07) is 31.5. The summed E-state index contributed by atoms with van der Waals surface area (Å²) in [5.74, 6) is -4.17. The number of nitrogens with one attached hydrogen (secondary N) is 2. The first-order valence-electron chi connectivity index (χ1n) is 13.8. The fourth-order valence-electron chi connectivity index (χ4n) is 6.95. The van der Waals surface area contributed by atoms with Gasteiger partial charge in [-0.3, -0.25) is 19.2 Å². The van der Waals surface area contributed by atoms with Crippen LogP contribution in [0.15, 0.2) is 108 Å². The summed E-state index contributed by atoms with van der Waals surface area (Å²) in [4.78, 5) is 55.1. The number of amides is 4. The normalized spacial score (nSPS) is 23.4. The number of benzene rings is 4. The van der Waals surface area contributed by atoms with Crippen LogP contribution in [0, 0.1) is 18.8 Å². The van der Waals surface area contributed by atoms with E-state index in [-0.39, 0.29) is 17.7 Å². The molecule has 206 valence electrons. The van der Waals surface area contributed by atoms with Crippen LogP contribution in [0.1, 0.15) is 33.7 Å². The average molecular weight is 555 g/mol. The molecule has 2 N–H and O–H groups in total. The van der Waals surface area contributed by atoms with Crippen molar-refractivity contribution >= 4 is 41.2 Å². The summed E-state index contributed by atoms with van der Waals surface area (Å²) in [6.45, 7) is 1.95. The van der Waals surface area contributed by atoms with E-state index in [1.165, 1.54) is 11.1 Å². The maximum absolute atomic E-state index is 14.4. The van der Waals surface area contributed by atoms with Crippen LogP contribution in [-0.4, -0.2) is 29.8 Å². The van der Waals surface area contributed by atoms with Crippen molar-refractivity contribution in [2.75, 3.05) is 10.2 Å². The Morgan fingerprint density at radius 3 is 2.00 bits per heavy atom. The quantitative estimate of drug-likeness (QED) is 0.170. The number of aryl methyl sites for hydroxylation is 1. The van der Waals surface area contributed by atoms with Gasteiger partial charge in [0, 0.05) is 17.8 Å². The first-order valence-corrected chi connectivity index (χ1v) is 13.8. The monoisotopic (exact) mass is 554 g/mol. The third kappa shape index (κ3) is 3.65. The minimum atomic E-state index is -1.15. The van der Waals surface area contributed by atoms with Crippen LogP contribution in [-0.2, 0) is 24.6 Å². The summed E-state index contributed by atoms with van der Waals surface area (Å²) < 4.78 is 0. The van der Waals surface area contributed by atoms with E-state index in [1.807, 2.05) is 67.6 Å². The zero-order chi connectivity index (χ0) is 29.0. The number of imide groups is 1. The maximum Gasteiger partial charge on any atom is 0.329 e. The van der Waals surface area contributed by atoms with Crippen LogP contribution >= 0.6 is 0 Å². The number of hydrogen-bond donors (Lipinski definition) is 2. The van der Waals surface area contributed by atoms with Crippen molar-refractivity contribution in [1.82, 2.24) is 5.43 Å². The Labute approximate surface area is 242 Å². The summed E-state index contributed by atoms with van der Waals surface area (Å²) in [5.41, 5.74) is 6.83. The van der Waals surface area contributed by atoms with Crippen molar-refractivity contribution in [2.45, 2.75) is 18.3 Å². The van der Waals surface area contributed by atoms with Gasteiger partial charge in [-0.2, -0.15) is 5.10 Å². The Kier molecular flexibility index (Phi) is 5.86. The van der Waals surface area contributed by atoms with Crippen LogP contribution < -0.4 is 15.6 Å². The average Bonchev–Trinajstić information content (AvgIpc) is 3.28. The van der Waals surface area contributed by atoms with E-state index >= 15 is 0 Å². The Balaban J connectivity index is 1.33. The smallest absolute Gasteiger partial charge is 0.318 e. The highest BCUT2D eigenvalue weighted by Crippen LogP contribution is 2.63. The van der Waals surface area contributed by atoms with Crippen LogP contribution in [0.2, 0.25) is 0 Å². The SMILES string of the molecule is Cc1ccc(N2C(=O)[C@H]3C4c5ccccc5C(/C=N\NC(=O)C(=O)Nc5ccccc5)(c5ccccc54)[C@H]3C2=O)cc1. The molecule has 8 rings (SSSR count). The first kappa shape index (κ1) is 25.6. The fraction of sp³-hybridized carbons (Fsp3) is 0.147. The number of anilines is 2. The molecular weight excluding hydrogens is 528 g/mol. The molecule has 1 aliphatic heterocycles. The highest BCUT2D eigenvalue weighted by atomic mass is 16.2. The molecular formula is C34H26N4O4. The highest BCUT2D eigenvalue weighted by Gasteiger charge is 2.68. The van der Waals surface area contributed by atoms with Crippen LogP contribution in [0.5, 0.6) is 0 Å². The molecule has 0 aromatic heterocycles. The van der Waals surface area contributed by atoms with Gasteiger partial charge in [0.15, 0.2) is 0 Å². The van der Waals surface area contributed by atoms with Gasteiger partial charge in [0.25, 0.3) is 0 Å². The minimum Gasteiger partial charge on any atom is -0.318 e. The molecule has 4 aromatic rings. The van der Waals surface area contributed by atoms with Gasteiger partial charge in [-0.1, -0.05) is 84.4 Å². The van der Waals surface area contributed by atoms with Crippen molar-refractivity contribution in [3.63, 3.8) is 0 Å². The second-order valence-electron chi connectivity index (χ2n) is 10.9. The van der Waals surface area contributed by atoms with Gasteiger partial charge < -0.3 is 5.32 Å². The first-order chi connectivity index (χ1) is 20.4. The minimum absolute atomic E-state index is 0.257. The summed E-state index contributed by atoms with van der Waals surface area (Å²) in [5, 5.41) is 6.83. The Morgan fingerprint density at radius 2 is 1.36 bits per heavy atom. The van der Waals surface area contributed by atoms with E-state index in [0.29, 0.717) is 11.4 Å². The third-order valence-corrected chi connectivity index (χ3v) is 8.65. The largest absolute Gasteiger partial charge is 0.329 e. The van der Waals surface area contributed by atoms with E-state index in [0.717, 1.165) is 27.8 Å². The fourth-order valence-corrected chi connectivity index (χ4v) is 6.95. The molecule has 8 nitrogen and oxygen atoms in total. The van der Waals surface area contributed by atoms with Crippen molar-refractivity contribution < 1.29 is 19.2 Å². The number of hydrazone groups is 1. The number of para-hydroxylation sites is 1. The second-order valence-corrected chi connectivity index (χ2v) is 10.9. The number of nitrogens with zero attached hydrogens (tertiary/aromatic N) is 2. The number of rotatable bonds is 4. The van der Waals surface area contributed by atoms with Crippen LogP contribution in [0.4, 0.5) is 11.4 Å². The van der Waals surface area contributed by atoms with Gasteiger partial charge >= 0.3 is 11.8 Å². The third-order valence-electron chi connectivity index (χ3n) is 8.65. The molecule has 2 atom stereocenters. The molecule has 0 saturated carbocycles. The van der Waals surface area contributed by atoms with Gasteiger partial charge in [0.05, 0.1) is 22.9 Å². The molecule has 4 aromatic carbocycles. The number of carbonyl (C=O) groups is 4. The predicted octanol–water partition coefficient (Wildman–Crippen LogP) is 4.29. The second kappa shape index (κ2) is 9.62. The van der Waals surface area contributed by atoms with Crippen molar-refractivity contribution in [1.29, 1.82) is 0 Å². The van der Waals surface area contributed by atoms with E-state index in [4.69, 9.17) is 0 Å². The molecule has 1 fully saturated rings. The molecule has 2 bridgehead atoms. The molecule has 4 aliphatic rings. The molecule has 1 heterocycles. The summed E-state index contributed by atoms with van der Waals surface area (Å²) in [6.07, 6.45) is 1.54.